The third-order valence-electron chi connectivity index (χ3n) is 3.42. The van der Waals surface area contributed by atoms with Crippen molar-refractivity contribution in [1.82, 2.24) is 4.98 Å². The van der Waals surface area contributed by atoms with Crippen molar-refractivity contribution in [3.63, 3.8) is 0 Å². The van der Waals surface area contributed by atoms with E-state index in [9.17, 15) is 9.18 Å². The zero-order valence-electron chi connectivity index (χ0n) is 12.6. The minimum Gasteiger partial charge on any atom is -0.397 e. The van der Waals surface area contributed by atoms with Crippen LogP contribution < -0.4 is 11.1 Å². The molecule has 1 aromatic heterocycles. The van der Waals surface area contributed by atoms with Gasteiger partial charge in [0.25, 0.3) is 5.91 Å². The molecule has 1 amide bonds. The van der Waals surface area contributed by atoms with Crippen LogP contribution in [-0.4, -0.2) is 10.9 Å². The van der Waals surface area contributed by atoms with Gasteiger partial charge in [-0.1, -0.05) is 24.3 Å². The van der Waals surface area contributed by atoms with Gasteiger partial charge >= 0.3 is 0 Å². The number of amides is 1. The van der Waals surface area contributed by atoms with Crippen LogP contribution in [0.3, 0.4) is 0 Å². The fraction of sp³-hybridized carbons (Fsp3) is 0. The number of hydrogen-bond donors (Lipinski definition) is 2. The lowest BCUT2D eigenvalue weighted by Crippen LogP contribution is -2.12. The number of anilines is 2. The highest BCUT2D eigenvalue weighted by atomic mass is 35.5. The first-order chi connectivity index (χ1) is 11.1. The molecule has 6 heteroatoms. The normalized spacial score (nSPS) is 9.88. The van der Waals surface area contributed by atoms with E-state index in [1.807, 2.05) is 0 Å². The Kier molecular flexibility index (Phi) is 5.50. The van der Waals surface area contributed by atoms with Crippen LogP contribution in [0, 0.1) is 5.95 Å². The van der Waals surface area contributed by atoms with Gasteiger partial charge in [0, 0.05) is 17.8 Å². The number of para-hydroxylation sites is 2. The molecule has 0 atom stereocenters. The Hall–Kier alpha value is -2.92. The molecule has 2 aromatic carbocycles. The van der Waals surface area contributed by atoms with Crippen LogP contribution >= 0.6 is 12.4 Å². The summed E-state index contributed by atoms with van der Waals surface area (Å²) in [6.45, 7) is 0. The molecule has 4 nitrogen and oxygen atoms in total. The van der Waals surface area contributed by atoms with Crippen LogP contribution in [-0.2, 0) is 0 Å². The molecular formula is C18H15ClFN3O. The summed E-state index contributed by atoms with van der Waals surface area (Å²) in [5, 5.41) is 2.76. The first kappa shape index (κ1) is 17.4. The predicted octanol–water partition coefficient (Wildman–Crippen LogP) is 4.14. The molecule has 122 valence electrons. The lowest BCUT2D eigenvalue weighted by molar-refractivity contribution is 0.102. The van der Waals surface area contributed by atoms with E-state index in [1.165, 1.54) is 12.3 Å². The number of pyridine rings is 1. The number of nitrogen functional groups attached to an aromatic ring is 1. The largest absolute Gasteiger partial charge is 0.397 e. The SMILES string of the molecule is Cl.Nc1ccccc1NC(=O)c1ccc(-c2ccnc(F)c2)cc1. The fourth-order valence-corrected chi connectivity index (χ4v) is 2.20. The average molecular weight is 344 g/mol. The van der Waals surface area contributed by atoms with Gasteiger partial charge in [0.05, 0.1) is 11.4 Å². The number of aromatic nitrogens is 1. The molecular weight excluding hydrogens is 329 g/mol. The van der Waals surface area contributed by atoms with Crippen molar-refractivity contribution in [2.24, 2.45) is 0 Å². The summed E-state index contributed by atoms with van der Waals surface area (Å²) in [6.07, 6.45) is 1.41. The lowest BCUT2D eigenvalue weighted by Gasteiger charge is -2.08. The standard InChI is InChI=1S/C18H14FN3O.ClH/c19-17-11-14(9-10-21-17)12-5-7-13(8-6-12)18(23)22-16-4-2-1-3-15(16)20;/h1-11H,20H2,(H,22,23);1H. The highest BCUT2D eigenvalue weighted by Crippen LogP contribution is 2.21. The van der Waals surface area contributed by atoms with E-state index in [-0.39, 0.29) is 18.3 Å². The Morgan fingerprint density at radius 1 is 1.00 bits per heavy atom. The predicted molar refractivity (Wildman–Crippen MR) is 95.7 cm³/mol. The van der Waals surface area contributed by atoms with Gasteiger partial charge in [0.2, 0.25) is 5.95 Å². The molecule has 24 heavy (non-hydrogen) atoms. The second-order valence-electron chi connectivity index (χ2n) is 4.99. The zero-order valence-corrected chi connectivity index (χ0v) is 13.4. The van der Waals surface area contributed by atoms with E-state index in [1.54, 1.807) is 54.6 Å². The number of hydrogen-bond acceptors (Lipinski definition) is 3. The lowest BCUT2D eigenvalue weighted by atomic mass is 10.0. The molecule has 0 saturated carbocycles. The highest BCUT2D eigenvalue weighted by molar-refractivity contribution is 6.05. The Labute approximate surface area is 145 Å². The molecule has 0 spiro atoms. The Morgan fingerprint density at radius 2 is 1.71 bits per heavy atom. The maximum Gasteiger partial charge on any atom is 0.255 e. The first-order valence-electron chi connectivity index (χ1n) is 7.01. The number of benzene rings is 2. The Morgan fingerprint density at radius 3 is 2.38 bits per heavy atom. The van der Waals surface area contributed by atoms with E-state index in [2.05, 4.69) is 10.3 Å². The molecule has 0 radical (unpaired) electrons. The van der Waals surface area contributed by atoms with Crippen molar-refractivity contribution in [3.05, 3.63) is 78.4 Å². The number of nitrogens with two attached hydrogens (primary N) is 1. The first-order valence-corrected chi connectivity index (χ1v) is 7.01. The number of nitrogens with zero attached hydrogens (tertiary/aromatic N) is 1. The van der Waals surface area contributed by atoms with Gasteiger partial charge in [0.15, 0.2) is 0 Å². The van der Waals surface area contributed by atoms with Crippen molar-refractivity contribution < 1.29 is 9.18 Å². The molecule has 0 aliphatic heterocycles. The third kappa shape index (κ3) is 3.88. The summed E-state index contributed by atoms with van der Waals surface area (Å²) in [5.41, 5.74) is 8.88. The number of rotatable bonds is 3. The number of carbonyl (C=O) groups excluding carboxylic acids is 1. The molecule has 1 heterocycles. The molecule has 0 bridgehead atoms. The highest BCUT2D eigenvalue weighted by Gasteiger charge is 2.08. The number of nitrogens with one attached hydrogen (secondary N) is 1. The van der Waals surface area contributed by atoms with Crippen LogP contribution in [0.5, 0.6) is 0 Å². The van der Waals surface area contributed by atoms with Gasteiger partial charge in [-0.05, 0) is 41.5 Å². The fourth-order valence-electron chi connectivity index (χ4n) is 2.20. The maximum absolute atomic E-state index is 13.2. The van der Waals surface area contributed by atoms with Crippen LogP contribution in [0.15, 0.2) is 66.9 Å². The molecule has 0 fully saturated rings. The maximum atomic E-state index is 13.2. The molecule has 0 aliphatic carbocycles. The summed E-state index contributed by atoms with van der Waals surface area (Å²) in [5.74, 6) is -0.792. The van der Waals surface area contributed by atoms with E-state index in [0.29, 0.717) is 22.5 Å². The molecule has 3 rings (SSSR count). The van der Waals surface area contributed by atoms with E-state index in [0.717, 1.165) is 5.56 Å². The summed E-state index contributed by atoms with van der Waals surface area (Å²) in [4.78, 5) is 15.8. The van der Waals surface area contributed by atoms with Crippen molar-refractivity contribution in [2.45, 2.75) is 0 Å². The summed E-state index contributed by atoms with van der Waals surface area (Å²) >= 11 is 0. The Bertz CT molecular complexity index is 853. The molecule has 0 aliphatic rings. The second-order valence-corrected chi connectivity index (χ2v) is 4.99. The van der Waals surface area contributed by atoms with E-state index < -0.39 is 5.95 Å². The summed E-state index contributed by atoms with van der Waals surface area (Å²) in [7, 11) is 0. The third-order valence-corrected chi connectivity index (χ3v) is 3.42. The summed E-state index contributed by atoms with van der Waals surface area (Å²) in [6, 6.07) is 17.0. The second kappa shape index (κ2) is 7.57. The van der Waals surface area contributed by atoms with Gasteiger partial charge in [-0.2, -0.15) is 4.39 Å². The molecule has 3 aromatic rings. The van der Waals surface area contributed by atoms with Gasteiger partial charge < -0.3 is 11.1 Å². The van der Waals surface area contributed by atoms with Crippen molar-refractivity contribution in [2.75, 3.05) is 11.1 Å². The van der Waals surface area contributed by atoms with E-state index >= 15 is 0 Å². The number of carbonyl (C=O) groups is 1. The van der Waals surface area contributed by atoms with Crippen LogP contribution in [0.25, 0.3) is 11.1 Å². The van der Waals surface area contributed by atoms with E-state index in [4.69, 9.17) is 5.73 Å². The van der Waals surface area contributed by atoms with Crippen LogP contribution in [0.2, 0.25) is 0 Å². The average Bonchev–Trinajstić information content (AvgIpc) is 2.57. The molecule has 3 N–H and O–H groups in total. The van der Waals surface area contributed by atoms with Crippen molar-refractivity contribution in [1.29, 1.82) is 0 Å². The van der Waals surface area contributed by atoms with Gasteiger partial charge in [-0.15, -0.1) is 12.4 Å². The zero-order chi connectivity index (χ0) is 16.2. The Balaban J connectivity index is 0.00000208. The van der Waals surface area contributed by atoms with Crippen molar-refractivity contribution >= 4 is 29.7 Å². The minimum atomic E-state index is -0.538. The van der Waals surface area contributed by atoms with Gasteiger partial charge in [0.1, 0.15) is 0 Å². The monoisotopic (exact) mass is 343 g/mol. The van der Waals surface area contributed by atoms with Gasteiger partial charge in [-0.3, -0.25) is 4.79 Å². The number of halogens is 2. The van der Waals surface area contributed by atoms with Crippen LogP contribution in [0.4, 0.5) is 15.8 Å². The minimum absolute atomic E-state index is 0. The topological polar surface area (TPSA) is 68.0 Å². The molecule has 0 saturated heterocycles. The quantitative estimate of drug-likeness (QED) is 0.554. The smallest absolute Gasteiger partial charge is 0.255 e. The van der Waals surface area contributed by atoms with Crippen LogP contribution in [0.1, 0.15) is 10.4 Å². The summed E-state index contributed by atoms with van der Waals surface area (Å²) < 4.78 is 13.2. The molecule has 0 unspecified atom stereocenters. The van der Waals surface area contributed by atoms with Gasteiger partial charge in [-0.25, -0.2) is 4.98 Å². The van der Waals surface area contributed by atoms with Crippen molar-refractivity contribution in [3.8, 4) is 11.1 Å².